The second-order valence-corrected chi connectivity index (χ2v) is 5.27. The van der Waals surface area contributed by atoms with Gasteiger partial charge in [-0.3, -0.25) is 0 Å². The number of halogens is 3. The molecular formula is C8H16F3NO4S. The van der Waals surface area contributed by atoms with Gasteiger partial charge < -0.3 is 9.84 Å². The molecule has 17 heavy (non-hydrogen) atoms. The molecule has 0 aromatic heterocycles. The average molecular weight is 279 g/mol. The predicted molar refractivity (Wildman–Crippen MR) is 55.0 cm³/mol. The van der Waals surface area contributed by atoms with Crippen LogP contribution in [0.15, 0.2) is 0 Å². The van der Waals surface area contributed by atoms with Crippen molar-refractivity contribution in [1.29, 1.82) is 0 Å². The number of ether oxygens (including phenoxy) is 1. The number of alkyl halides is 3. The standard InChI is InChI=1S/C8H16F3NO4S/c1-2-16-5-6-17(14,15)12(3-4-13)7-8(9,10)11/h13H,2-7H2,1H3. The molecule has 0 aliphatic heterocycles. The Hall–Kier alpha value is -0.380. The first-order valence-corrected chi connectivity index (χ1v) is 6.57. The van der Waals surface area contributed by atoms with Gasteiger partial charge >= 0.3 is 6.18 Å². The minimum atomic E-state index is -4.63. The fraction of sp³-hybridized carbons (Fsp3) is 1.00. The van der Waals surface area contributed by atoms with Gasteiger partial charge in [0.25, 0.3) is 0 Å². The minimum Gasteiger partial charge on any atom is -0.395 e. The normalized spacial score (nSPS) is 13.3. The van der Waals surface area contributed by atoms with Crippen LogP contribution in [0.5, 0.6) is 0 Å². The maximum atomic E-state index is 12.1. The van der Waals surface area contributed by atoms with Crippen molar-refractivity contribution in [1.82, 2.24) is 4.31 Å². The second-order valence-electron chi connectivity index (χ2n) is 3.19. The summed E-state index contributed by atoms with van der Waals surface area (Å²) >= 11 is 0. The van der Waals surface area contributed by atoms with Gasteiger partial charge in [0.1, 0.15) is 6.54 Å². The first kappa shape index (κ1) is 16.6. The first-order valence-electron chi connectivity index (χ1n) is 4.96. The Balaban J connectivity index is 4.56. The molecule has 0 unspecified atom stereocenters. The topological polar surface area (TPSA) is 66.8 Å². The summed E-state index contributed by atoms with van der Waals surface area (Å²) in [6.45, 7) is -1.07. The summed E-state index contributed by atoms with van der Waals surface area (Å²) in [7, 11) is -4.06. The van der Waals surface area contributed by atoms with Crippen molar-refractivity contribution in [3.63, 3.8) is 0 Å². The number of aliphatic hydroxyl groups excluding tert-OH is 1. The Labute approximate surface area is 98.2 Å². The predicted octanol–water partition coefficient (Wildman–Crippen LogP) is 0.209. The number of hydrogen-bond donors (Lipinski definition) is 1. The maximum absolute atomic E-state index is 12.1. The van der Waals surface area contributed by atoms with E-state index in [4.69, 9.17) is 9.84 Å². The smallest absolute Gasteiger partial charge is 0.395 e. The van der Waals surface area contributed by atoms with Gasteiger partial charge in [0.05, 0.1) is 19.0 Å². The molecule has 0 aliphatic carbocycles. The molecule has 0 bridgehead atoms. The molecule has 0 aromatic rings. The van der Waals surface area contributed by atoms with Gasteiger partial charge in [0.2, 0.25) is 10.0 Å². The van der Waals surface area contributed by atoms with Crippen LogP contribution in [0.2, 0.25) is 0 Å². The van der Waals surface area contributed by atoms with E-state index in [1.165, 1.54) is 0 Å². The van der Waals surface area contributed by atoms with Gasteiger partial charge in [-0.15, -0.1) is 0 Å². The third-order valence-electron chi connectivity index (χ3n) is 1.79. The van der Waals surface area contributed by atoms with Crippen LogP contribution < -0.4 is 0 Å². The Morgan fingerprint density at radius 2 is 1.94 bits per heavy atom. The van der Waals surface area contributed by atoms with E-state index in [0.29, 0.717) is 0 Å². The van der Waals surface area contributed by atoms with E-state index in [2.05, 4.69) is 0 Å². The van der Waals surface area contributed by atoms with Crippen LogP contribution in [-0.4, -0.2) is 62.7 Å². The van der Waals surface area contributed by atoms with Crippen LogP contribution in [0.25, 0.3) is 0 Å². The molecule has 0 aliphatic rings. The molecular weight excluding hydrogens is 263 g/mol. The van der Waals surface area contributed by atoms with Crippen LogP contribution in [-0.2, 0) is 14.8 Å². The summed E-state index contributed by atoms with van der Waals surface area (Å²) in [5, 5.41) is 8.56. The zero-order valence-corrected chi connectivity index (χ0v) is 10.2. The number of sulfonamides is 1. The molecule has 0 radical (unpaired) electrons. The van der Waals surface area contributed by atoms with E-state index in [9.17, 15) is 21.6 Å². The third-order valence-corrected chi connectivity index (χ3v) is 3.57. The van der Waals surface area contributed by atoms with Crippen molar-refractivity contribution >= 4 is 10.0 Å². The van der Waals surface area contributed by atoms with E-state index in [-0.39, 0.29) is 17.5 Å². The summed E-state index contributed by atoms with van der Waals surface area (Å²) in [6.07, 6.45) is -4.63. The van der Waals surface area contributed by atoms with E-state index >= 15 is 0 Å². The van der Waals surface area contributed by atoms with Gasteiger partial charge in [0.15, 0.2) is 0 Å². The van der Waals surface area contributed by atoms with Gasteiger partial charge in [-0.1, -0.05) is 0 Å². The van der Waals surface area contributed by atoms with Crippen LogP contribution >= 0.6 is 0 Å². The second kappa shape index (κ2) is 7.14. The Kier molecular flexibility index (Phi) is 6.98. The SMILES string of the molecule is CCOCCS(=O)(=O)N(CCO)CC(F)(F)F. The van der Waals surface area contributed by atoms with Crippen molar-refractivity contribution in [3.8, 4) is 0 Å². The molecule has 9 heteroatoms. The monoisotopic (exact) mass is 279 g/mol. The van der Waals surface area contributed by atoms with Gasteiger partial charge in [-0.2, -0.15) is 17.5 Å². The molecule has 1 N–H and O–H groups in total. The Bertz CT molecular complexity index is 304. The molecule has 5 nitrogen and oxygen atoms in total. The van der Waals surface area contributed by atoms with Crippen LogP contribution in [0.3, 0.4) is 0 Å². The number of aliphatic hydroxyl groups is 1. The van der Waals surface area contributed by atoms with Crippen molar-refractivity contribution in [3.05, 3.63) is 0 Å². The highest BCUT2D eigenvalue weighted by molar-refractivity contribution is 7.89. The summed E-state index contributed by atoms with van der Waals surface area (Å²) in [5.74, 6) is -0.531. The largest absolute Gasteiger partial charge is 0.402 e. The van der Waals surface area contributed by atoms with E-state index in [0.717, 1.165) is 0 Å². The lowest BCUT2D eigenvalue weighted by atomic mass is 10.6. The van der Waals surface area contributed by atoms with E-state index < -0.39 is 41.6 Å². The fourth-order valence-electron chi connectivity index (χ4n) is 1.07. The van der Waals surface area contributed by atoms with Crippen molar-refractivity contribution in [2.45, 2.75) is 13.1 Å². The molecule has 0 amide bonds. The van der Waals surface area contributed by atoms with Crippen LogP contribution in [0.4, 0.5) is 13.2 Å². The van der Waals surface area contributed by atoms with Crippen molar-refractivity contribution < 1.29 is 31.4 Å². The lowest BCUT2D eigenvalue weighted by Gasteiger charge is -2.22. The fourth-order valence-corrected chi connectivity index (χ4v) is 2.36. The lowest BCUT2D eigenvalue weighted by molar-refractivity contribution is -0.136. The Morgan fingerprint density at radius 3 is 2.35 bits per heavy atom. The summed E-state index contributed by atoms with van der Waals surface area (Å²) in [6, 6.07) is 0. The zero-order valence-electron chi connectivity index (χ0n) is 9.40. The highest BCUT2D eigenvalue weighted by Crippen LogP contribution is 2.18. The highest BCUT2D eigenvalue weighted by atomic mass is 32.2. The molecule has 0 heterocycles. The lowest BCUT2D eigenvalue weighted by Crippen LogP contribution is -2.42. The molecule has 0 saturated carbocycles. The van der Waals surface area contributed by atoms with Crippen molar-refractivity contribution in [2.24, 2.45) is 0 Å². The number of nitrogens with zero attached hydrogens (tertiary/aromatic N) is 1. The van der Waals surface area contributed by atoms with Crippen LogP contribution in [0.1, 0.15) is 6.92 Å². The molecule has 0 fully saturated rings. The minimum absolute atomic E-state index is 0.168. The molecule has 0 saturated heterocycles. The highest BCUT2D eigenvalue weighted by Gasteiger charge is 2.35. The Morgan fingerprint density at radius 1 is 1.35 bits per heavy atom. The quantitative estimate of drug-likeness (QED) is 0.645. The molecule has 0 rings (SSSR count). The van der Waals surface area contributed by atoms with Gasteiger partial charge in [0, 0.05) is 13.2 Å². The van der Waals surface area contributed by atoms with Crippen molar-refractivity contribution in [2.75, 3.05) is 38.7 Å². The zero-order chi connectivity index (χ0) is 13.5. The summed E-state index contributed by atoms with van der Waals surface area (Å²) in [4.78, 5) is 0. The molecule has 0 aromatic carbocycles. The first-order chi connectivity index (χ1) is 7.73. The molecule has 104 valence electrons. The summed E-state index contributed by atoms with van der Waals surface area (Å²) < 4.78 is 64.4. The number of rotatable bonds is 8. The maximum Gasteiger partial charge on any atom is 0.402 e. The van der Waals surface area contributed by atoms with Gasteiger partial charge in [-0.05, 0) is 6.92 Å². The number of hydrogen-bond acceptors (Lipinski definition) is 4. The van der Waals surface area contributed by atoms with Crippen LogP contribution in [0, 0.1) is 0 Å². The van der Waals surface area contributed by atoms with Gasteiger partial charge in [-0.25, -0.2) is 8.42 Å². The third kappa shape index (κ3) is 7.53. The summed E-state index contributed by atoms with van der Waals surface area (Å²) in [5.41, 5.74) is 0. The molecule has 0 atom stereocenters. The average Bonchev–Trinajstić information content (AvgIpc) is 2.15. The van der Waals surface area contributed by atoms with E-state index in [1.807, 2.05) is 0 Å². The molecule has 0 spiro atoms. The van der Waals surface area contributed by atoms with E-state index in [1.54, 1.807) is 6.92 Å².